The van der Waals surface area contributed by atoms with Crippen molar-refractivity contribution in [3.8, 4) is 56.4 Å². The fourth-order valence-corrected chi connectivity index (χ4v) is 10.8. The number of benzene rings is 9. The zero-order valence-corrected chi connectivity index (χ0v) is 38.2. The summed E-state index contributed by atoms with van der Waals surface area (Å²) in [6, 6.07) is 73.8. The van der Waals surface area contributed by atoms with E-state index in [2.05, 4.69) is 222 Å². The minimum Gasteiger partial charge on any atom is -0.456 e. The van der Waals surface area contributed by atoms with Gasteiger partial charge >= 0.3 is 0 Å². The van der Waals surface area contributed by atoms with Gasteiger partial charge in [-0.05, 0) is 113 Å². The third-order valence-corrected chi connectivity index (χ3v) is 14.3. The molecule has 0 saturated heterocycles. The van der Waals surface area contributed by atoms with E-state index in [4.69, 9.17) is 19.4 Å². The third kappa shape index (κ3) is 6.52. The van der Waals surface area contributed by atoms with E-state index in [0.717, 1.165) is 72.4 Å². The van der Waals surface area contributed by atoms with E-state index < -0.39 is 0 Å². The van der Waals surface area contributed by atoms with Crippen molar-refractivity contribution in [2.45, 2.75) is 12.8 Å². The summed E-state index contributed by atoms with van der Waals surface area (Å²) in [4.78, 5) is 15.2. The van der Waals surface area contributed by atoms with Crippen LogP contribution >= 0.6 is 0 Å². The van der Waals surface area contributed by atoms with E-state index in [1.165, 1.54) is 43.7 Å². The van der Waals surface area contributed by atoms with Gasteiger partial charge in [0.2, 0.25) is 0 Å². The molecule has 6 heteroatoms. The van der Waals surface area contributed by atoms with E-state index in [0.29, 0.717) is 11.6 Å². The van der Waals surface area contributed by atoms with Crippen molar-refractivity contribution in [2.75, 3.05) is 0 Å². The Kier molecular flexibility index (Phi) is 9.14. The molecule has 13 aromatic rings. The number of aromatic nitrogens is 5. The van der Waals surface area contributed by atoms with E-state index in [1.807, 2.05) is 24.3 Å². The normalized spacial score (nSPS) is 14.8. The molecule has 1 aliphatic carbocycles. The molecule has 0 N–H and O–H groups in total. The average Bonchev–Trinajstić information content (AvgIpc) is 4.08. The van der Waals surface area contributed by atoms with Gasteiger partial charge in [-0.1, -0.05) is 153 Å². The van der Waals surface area contributed by atoms with Gasteiger partial charge in [0.05, 0.1) is 22.1 Å². The summed E-state index contributed by atoms with van der Waals surface area (Å²) >= 11 is 0. The Hall–Kier alpha value is -9.13. The summed E-state index contributed by atoms with van der Waals surface area (Å²) in [6.07, 6.45) is 8.58. The van der Waals surface area contributed by atoms with Crippen LogP contribution in [-0.2, 0) is 0 Å². The predicted octanol–water partition coefficient (Wildman–Crippen LogP) is 16.5. The van der Waals surface area contributed by atoms with Crippen LogP contribution < -0.4 is 0 Å². The molecule has 0 radical (unpaired) electrons. The topological polar surface area (TPSA) is 61.7 Å². The first kappa shape index (κ1) is 40.0. The fourth-order valence-electron chi connectivity index (χ4n) is 10.8. The molecule has 70 heavy (non-hydrogen) atoms. The van der Waals surface area contributed by atoms with Crippen LogP contribution in [-0.4, -0.2) is 24.1 Å². The lowest BCUT2D eigenvalue weighted by molar-refractivity contribution is 0.600. The van der Waals surface area contributed by atoms with Gasteiger partial charge < -0.3 is 13.6 Å². The van der Waals surface area contributed by atoms with E-state index in [1.54, 1.807) is 0 Å². The van der Waals surface area contributed by atoms with Crippen LogP contribution in [0.3, 0.4) is 0 Å². The van der Waals surface area contributed by atoms with E-state index in [9.17, 15) is 0 Å². The monoisotopic (exact) mass is 897 g/mol. The lowest BCUT2D eigenvalue weighted by Crippen LogP contribution is -2.13. The summed E-state index contributed by atoms with van der Waals surface area (Å²) in [5.41, 5.74) is 15.1. The Bertz CT molecular complexity index is 4260. The maximum absolute atomic E-state index is 6.49. The molecular formula is C64H43N5O. The van der Waals surface area contributed by atoms with Crippen LogP contribution in [0.4, 0.5) is 0 Å². The third-order valence-electron chi connectivity index (χ3n) is 14.3. The lowest BCUT2D eigenvalue weighted by atomic mass is 9.89. The molecule has 1 aliphatic rings. The standard InChI is InChI=1S/C64H43N5O/c1-40-15-11-12-22-49(40)64-66-62(41-16-5-2-6-17-41)65-63(67-64)46-29-34-61-55(37-46)54-36-43(28-33-60(54)70-61)45-26-31-52-53-35-42(27-32-57(53)69(59(52)39-45)48-20-9-4-10-21-48)44-25-30-51-50-23-13-14-24-56(50)68(58(51)38-44)47-18-7-3-8-19-47/h2-40,49H,1H3. The fraction of sp³-hybridized carbons (Fsp3) is 0.0469. The van der Waals surface area contributed by atoms with Gasteiger partial charge in [-0.25, -0.2) is 15.0 Å². The van der Waals surface area contributed by atoms with Crippen molar-refractivity contribution in [1.29, 1.82) is 0 Å². The molecule has 0 aliphatic heterocycles. The van der Waals surface area contributed by atoms with E-state index in [-0.39, 0.29) is 11.8 Å². The molecule has 4 aromatic heterocycles. The number of para-hydroxylation sites is 3. The molecule has 0 amide bonds. The first-order valence-corrected chi connectivity index (χ1v) is 24.0. The molecule has 14 rings (SSSR count). The Labute approximate surface area is 403 Å². The number of hydrogen-bond donors (Lipinski definition) is 0. The molecule has 0 bridgehead atoms. The smallest absolute Gasteiger partial charge is 0.163 e. The Morgan fingerprint density at radius 3 is 1.49 bits per heavy atom. The molecule has 2 unspecified atom stereocenters. The van der Waals surface area contributed by atoms with Gasteiger partial charge in [0.15, 0.2) is 11.6 Å². The van der Waals surface area contributed by atoms with Crippen molar-refractivity contribution in [2.24, 2.45) is 5.92 Å². The minimum atomic E-state index is 0.0466. The van der Waals surface area contributed by atoms with Crippen molar-refractivity contribution < 1.29 is 4.42 Å². The number of hydrogen-bond acceptors (Lipinski definition) is 4. The average molecular weight is 898 g/mol. The number of furan rings is 1. The maximum atomic E-state index is 6.49. The van der Waals surface area contributed by atoms with Crippen LogP contribution in [0.15, 0.2) is 235 Å². The van der Waals surface area contributed by atoms with Gasteiger partial charge in [-0.2, -0.15) is 0 Å². The van der Waals surface area contributed by atoms with Gasteiger partial charge in [0, 0.05) is 60.7 Å². The van der Waals surface area contributed by atoms with Crippen LogP contribution in [0.1, 0.15) is 18.7 Å². The molecule has 0 spiro atoms. The predicted molar refractivity (Wildman–Crippen MR) is 288 cm³/mol. The molecule has 9 aromatic carbocycles. The summed E-state index contributed by atoms with van der Waals surface area (Å²) in [6.45, 7) is 2.21. The molecule has 2 atom stereocenters. The second-order valence-electron chi connectivity index (χ2n) is 18.4. The minimum absolute atomic E-state index is 0.0466. The zero-order chi connectivity index (χ0) is 46.3. The van der Waals surface area contributed by atoms with Crippen molar-refractivity contribution in [1.82, 2.24) is 24.1 Å². The van der Waals surface area contributed by atoms with Crippen LogP contribution in [0.25, 0.3) is 122 Å². The van der Waals surface area contributed by atoms with E-state index >= 15 is 0 Å². The summed E-state index contributed by atoms with van der Waals surface area (Å²) in [7, 11) is 0. The zero-order valence-electron chi connectivity index (χ0n) is 38.2. The highest BCUT2D eigenvalue weighted by Gasteiger charge is 2.23. The highest BCUT2D eigenvalue weighted by atomic mass is 16.3. The Morgan fingerprint density at radius 2 is 0.829 bits per heavy atom. The summed E-state index contributed by atoms with van der Waals surface area (Å²) in [5.74, 6) is 2.38. The highest BCUT2D eigenvalue weighted by molar-refractivity contribution is 6.13. The molecular weight excluding hydrogens is 855 g/mol. The van der Waals surface area contributed by atoms with Gasteiger partial charge in [-0.3, -0.25) is 0 Å². The van der Waals surface area contributed by atoms with Crippen LogP contribution in [0.2, 0.25) is 0 Å². The second-order valence-corrected chi connectivity index (χ2v) is 18.4. The molecule has 4 heterocycles. The molecule has 0 saturated carbocycles. The number of fused-ring (bicyclic) bond motifs is 9. The maximum Gasteiger partial charge on any atom is 0.163 e. The number of rotatable bonds is 7. The number of nitrogens with zero attached hydrogens (tertiary/aromatic N) is 5. The SMILES string of the molecule is CC1C=CC=CC1c1nc(-c2ccccc2)nc(-c2ccc3oc4ccc(-c5ccc6c7cc(-c8ccc9c%10ccccc%10n(-c%10ccccc%10)c9c8)ccc7n(-c7ccccc7)c6c5)cc4c3c2)n1. The van der Waals surface area contributed by atoms with Crippen molar-refractivity contribution >= 4 is 65.6 Å². The summed E-state index contributed by atoms with van der Waals surface area (Å²) < 4.78 is 11.3. The van der Waals surface area contributed by atoms with Gasteiger partial charge in [-0.15, -0.1) is 0 Å². The Morgan fingerprint density at radius 1 is 0.357 bits per heavy atom. The highest BCUT2D eigenvalue weighted by Crippen LogP contribution is 2.41. The van der Waals surface area contributed by atoms with Gasteiger partial charge in [0.25, 0.3) is 0 Å². The Balaban J connectivity index is 0.889. The molecule has 6 nitrogen and oxygen atoms in total. The summed E-state index contributed by atoms with van der Waals surface area (Å²) in [5, 5.41) is 6.95. The first-order chi connectivity index (χ1) is 34.6. The largest absolute Gasteiger partial charge is 0.456 e. The van der Waals surface area contributed by atoms with Crippen molar-refractivity contribution in [3.05, 3.63) is 236 Å². The van der Waals surface area contributed by atoms with Gasteiger partial charge in [0.1, 0.15) is 17.0 Å². The number of allylic oxidation sites excluding steroid dienone is 4. The van der Waals surface area contributed by atoms with Crippen molar-refractivity contribution in [3.63, 3.8) is 0 Å². The lowest BCUT2D eigenvalue weighted by Gasteiger charge is -2.20. The van der Waals surface area contributed by atoms with Crippen LogP contribution in [0, 0.1) is 5.92 Å². The molecule has 0 fully saturated rings. The second kappa shape index (κ2) is 16.0. The molecule has 330 valence electrons. The first-order valence-electron chi connectivity index (χ1n) is 24.0. The van der Waals surface area contributed by atoms with Crippen LogP contribution in [0.5, 0.6) is 0 Å². The quantitative estimate of drug-likeness (QED) is 0.160.